The number of nitrogens with zero attached hydrogens (tertiary/aromatic N) is 1. The van der Waals surface area contributed by atoms with Crippen molar-refractivity contribution < 1.29 is 0 Å². The van der Waals surface area contributed by atoms with Crippen molar-refractivity contribution in [2.24, 2.45) is 17.3 Å². The predicted molar refractivity (Wildman–Crippen MR) is 88.0 cm³/mol. The van der Waals surface area contributed by atoms with Crippen LogP contribution in [0.1, 0.15) is 66.7 Å². The van der Waals surface area contributed by atoms with Gasteiger partial charge in [0.05, 0.1) is 0 Å². The molecule has 0 saturated carbocycles. The summed E-state index contributed by atoms with van der Waals surface area (Å²) in [4.78, 5) is 2.71. The van der Waals surface area contributed by atoms with Gasteiger partial charge in [-0.25, -0.2) is 0 Å². The normalized spacial score (nSPS) is 27.8. The van der Waals surface area contributed by atoms with E-state index in [1.807, 2.05) is 0 Å². The number of piperidine rings is 2. The fourth-order valence-corrected chi connectivity index (χ4v) is 4.36. The Labute approximate surface area is 126 Å². The molecule has 118 valence electrons. The second-order valence-corrected chi connectivity index (χ2v) is 8.84. The number of likely N-dealkylation sites (tertiary alicyclic amines) is 1. The Morgan fingerprint density at radius 1 is 1.00 bits per heavy atom. The zero-order valence-electron chi connectivity index (χ0n) is 14.5. The maximum absolute atomic E-state index is 3.51. The first kappa shape index (κ1) is 16.3. The minimum atomic E-state index is 0.345. The largest absolute Gasteiger partial charge is 0.317 e. The molecule has 2 heterocycles. The molecule has 0 spiro atoms. The van der Waals surface area contributed by atoms with Crippen LogP contribution in [0.15, 0.2) is 0 Å². The zero-order valence-corrected chi connectivity index (χ0v) is 14.5. The number of nitrogens with one attached hydrogen (secondary N) is 1. The van der Waals surface area contributed by atoms with Crippen molar-refractivity contribution in [3.05, 3.63) is 0 Å². The Morgan fingerprint density at radius 2 is 1.65 bits per heavy atom. The summed E-state index contributed by atoms with van der Waals surface area (Å²) in [5.41, 5.74) is 0.866. The highest BCUT2D eigenvalue weighted by atomic mass is 15.2. The van der Waals surface area contributed by atoms with Gasteiger partial charge in [0.15, 0.2) is 0 Å². The Balaban J connectivity index is 1.91. The van der Waals surface area contributed by atoms with E-state index in [1.165, 1.54) is 58.3 Å². The van der Waals surface area contributed by atoms with E-state index in [9.17, 15) is 0 Å². The number of hydrogen-bond donors (Lipinski definition) is 1. The molecule has 0 aliphatic carbocycles. The zero-order chi connectivity index (χ0) is 14.8. The Bertz CT molecular complexity index is 297. The van der Waals surface area contributed by atoms with Gasteiger partial charge in [-0.15, -0.1) is 0 Å². The van der Waals surface area contributed by atoms with Crippen LogP contribution in [0.4, 0.5) is 0 Å². The first-order valence-corrected chi connectivity index (χ1v) is 8.75. The van der Waals surface area contributed by atoms with E-state index in [2.05, 4.69) is 44.8 Å². The third-order valence-corrected chi connectivity index (χ3v) is 5.73. The third kappa shape index (κ3) is 4.21. The van der Waals surface area contributed by atoms with Crippen LogP contribution in [0.25, 0.3) is 0 Å². The molecule has 2 aliphatic rings. The lowest BCUT2D eigenvalue weighted by Crippen LogP contribution is -2.48. The van der Waals surface area contributed by atoms with E-state index in [1.54, 1.807) is 0 Å². The molecule has 0 aromatic rings. The molecule has 1 unspecified atom stereocenters. The van der Waals surface area contributed by atoms with Gasteiger partial charge in [-0.05, 0) is 89.8 Å². The molecule has 2 heteroatoms. The molecule has 2 aliphatic heterocycles. The minimum absolute atomic E-state index is 0.345. The standard InChI is InChI=1S/C18H36N2/c1-17(2,3)20-12-6-7-15(14-20)13-18(4,5)16-8-10-19-11-9-16/h15-16,19H,6-14H2,1-5H3. The van der Waals surface area contributed by atoms with E-state index in [0.29, 0.717) is 11.0 Å². The lowest BCUT2D eigenvalue weighted by atomic mass is 9.68. The van der Waals surface area contributed by atoms with Gasteiger partial charge in [0.2, 0.25) is 0 Å². The van der Waals surface area contributed by atoms with E-state index >= 15 is 0 Å². The molecule has 0 aromatic heterocycles. The highest BCUT2D eigenvalue weighted by Crippen LogP contribution is 2.41. The van der Waals surface area contributed by atoms with Crippen LogP contribution in [0.3, 0.4) is 0 Å². The van der Waals surface area contributed by atoms with Crippen molar-refractivity contribution in [2.75, 3.05) is 26.2 Å². The van der Waals surface area contributed by atoms with E-state index in [-0.39, 0.29) is 0 Å². The Morgan fingerprint density at radius 3 is 2.25 bits per heavy atom. The summed E-state index contributed by atoms with van der Waals surface area (Å²) in [7, 11) is 0. The van der Waals surface area contributed by atoms with Gasteiger partial charge < -0.3 is 5.32 Å². The third-order valence-electron chi connectivity index (χ3n) is 5.73. The first-order chi connectivity index (χ1) is 9.29. The van der Waals surface area contributed by atoms with Gasteiger partial charge in [-0.2, -0.15) is 0 Å². The van der Waals surface area contributed by atoms with E-state index in [0.717, 1.165) is 11.8 Å². The van der Waals surface area contributed by atoms with Gasteiger partial charge in [-0.1, -0.05) is 13.8 Å². The van der Waals surface area contributed by atoms with Crippen molar-refractivity contribution in [2.45, 2.75) is 72.3 Å². The van der Waals surface area contributed by atoms with Crippen LogP contribution in [0, 0.1) is 17.3 Å². The molecule has 0 bridgehead atoms. The summed E-state index contributed by atoms with van der Waals surface area (Å²) in [6.07, 6.45) is 7.01. The molecule has 1 N–H and O–H groups in total. The number of rotatable bonds is 3. The average molecular weight is 281 g/mol. The summed E-state index contributed by atoms with van der Waals surface area (Å²) in [5.74, 6) is 1.83. The minimum Gasteiger partial charge on any atom is -0.317 e. The lowest BCUT2D eigenvalue weighted by Gasteiger charge is -2.45. The molecule has 0 amide bonds. The second-order valence-electron chi connectivity index (χ2n) is 8.84. The van der Waals surface area contributed by atoms with Crippen molar-refractivity contribution >= 4 is 0 Å². The Kier molecular flexibility index (Phi) is 5.18. The van der Waals surface area contributed by atoms with Crippen molar-refractivity contribution in [3.8, 4) is 0 Å². The summed E-state index contributed by atoms with van der Waals surface area (Å²) in [5, 5.41) is 3.51. The van der Waals surface area contributed by atoms with Crippen LogP contribution in [0.5, 0.6) is 0 Å². The molecule has 2 nitrogen and oxygen atoms in total. The summed E-state index contributed by atoms with van der Waals surface area (Å²) in [6.45, 7) is 17.2. The van der Waals surface area contributed by atoms with Crippen LogP contribution < -0.4 is 5.32 Å². The summed E-state index contributed by atoms with van der Waals surface area (Å²) < 4.78 is 0. The fraction of sp³-hybridized carbons (Fsp3) is 1.00. The van der Waals surface area contributed by atoms with Crippen molar-refractivity contribution in [1.82, 2.24) is 10.2 Å². The molecule has 2 saturated heterocycles. The van der Waals surface area contributed by atoms with Gasteiger partial charge in [0, 0.05) is 12.1 Å². The second kappa shape index (κ2) is 6.36. The van der Waals surface area contributed by atoms with Gasteiger partial charge in [0.25, 0.3) is 0 Å². The van der Waals surface area contributed by atoms with Crippen LogP contribution in [-0.4, -0.2) is 36.6 Å². The number of hydrogen-bond acceptors (Lipinski definition) is 2. The smallest absolute Gasteiger partial charge is 0.0125 e. The highest BCUT2D eigenvalue weighted by molar-refractivity contribution is 4.88. The van der Waals surface area contributed by atoms with Crippen molar-refractivity contribution in [1.29, 1.82) is 0 Å². The Hall–Kier alpha value is -0.0800. The lowest BCUT2D eigenvalue weighted by molar-refractivity contribution is 0.0453. The topological polar surface area (TPSA) is 15.3 Å². The molecule has 2 fully saturated rings. The van der Waals surface area contributed by atoms with Crippen LogP contribution >= 0.6 is 0 Å². The van der Waals surface area contributed by atoms with E-state index in [4.69, 9.17) is 0 Å². The monoisotopic (exact) mass is 280 g/mol. The molecular formula is C18H36N2. The molecule has 20 heavy (non-hydrogen) atoms. The van der Waals surface area contributed by atoms with E-state index < -0.39 is 0 Å². The predicted octanol–water partition coefficient (Wildman–Crippen LogP) is 3.91. The molecule has 0 radical (unpaired) electrons. The molecular weight excluding hydrogens is 244 g/mol. The molecule has 2 rings (SSSR count). The first-order valence-electron chi connectivity index (χ1n) is 8.75. The summed E-state index contributed by atoms with van der Waals surface area (Å²) >= 11 is 0. The maximum Gasteiger partial charge on any atom is 0.0125 e. The van der Waals surface area contributed by atoms with Gasteiger partial charge >= 0.3 is 0 Å². The SMILES string of the molecule is CC(C)(CC1CCCN(C(C)(C)C)C1)C1CCNCC1. The van der Waals surface area contributed by atoms with Crippen molar-refractivity contribution in [3.63, 3.8) is 0 Å². The average Bonchev–Trinajstić information content (AvgIpc) is 2.38. The quantitative estimate of drug-likeness (QED) is 0.843. The fourth-order valence-electron chi connectivity index (χ4n) is 4.36. The van der Waals surface area contributed by atoms with Crippen LogP contribution in [-0.2, 0) is 0 Å². The van der Waals surface area contributed by atoms with Gasteiger partial charge in [0.1, 0.15) is 0 Å². The highest BCUT2D eigenvalue weighted by Gasteiger charge is 2.35. The summed E-state index contributed by atoms with van der Waals surface area (Å²) in [6, 6.07) is 0. The molecule has 1 atom stereocenters. The van der Waals surface area contributed by atoms with Gasteiger partial charge in [-0.3, -0.25) is 4.90 Å². The molecule has 0 aromatic carbocycles. The maximum atomic E-state index is 3.51. The van der Waals surface area contributed by atoms with Crippen LogP contribution in [0.2, 0.25) is 0 Å².